The number of phenolic OH excluding ortho intramolecular Hbond substituents is 2. The number of para-hydroxylation sites is 1. The van der Waals surface area contributed by atoms with Gasteiger partial charge in [0.15, 0.2) is 11.5 Å². The van der Waals surface area contributed by atoms with Crippen molar-refractivity contribution in [2.75, 3.05) is 13.2 Å². The molecule has 1 aromatic rings. The highest BCUT2D eigenvalue weighted by molar-refractivity contribution is 5.97. The maximum Gasteiger partial charge on any atom is 0.258 e. The predicted octanol–water partition coefficient (Wildman–Crippen LogP) is 1.74. The second kappa shape index (κ2) is 4.74. The van der Waals surface area contributed by atoms with E-state index in [9.17, 15) is 15.0 Å². The first-order chi connectivity index (χ1) is 8.84. The van der Waals surface area contributed by atoms with Crippen molar-refractivity contribution in [2.24, 2.45) is 0 Å². The molecule has 19 heavy (non-hydrogen) atoms. The van der Waals surface area contributed by atoms with Crippen LogP contribution >= 0.6 is 0 Å². The van der Waals surface area contributed by atoms with Crippen molar-refractivity contribution in [1.82, 2.24) is 4.90 Å². The molecule has 1 saturated heterocycles. The summed E-state index contributed by atoms with van der Waals surface area (Å²) in [6, 6.07) is 4.28. The number of carbonyl (C=O) groups excluding carboxylic acids is 1. The second-order valence-electron chi connectivity index (χ2n) is 5.30. The van der Waals surface area contributed by atoms with Gasteiger partial charge in [0.1, 0.15) is 0 Å². The highest BCUT2D eigenvalue weighted by Crippen LogP contribution is 2.32. The fourth-order valence-electron chi connectivity index (χ4n) is 2.23. The maximum atomic E-state index is 12.5. The monoisotopic (exact) mass is 265 g/mol. The van der Waals surface area contributed by atoms with Crippen molar-refractivity contribution in [1.29, 1.82) is 0 Å². The van der Waals surface area contributed by atoms with Crippen LogP contribution in [-0.4, -0.2) is 45.8 Å². The first-order valence-electron chi connectivity index (χ1n) is 6.30. The van der Waals surface area contributed by atoms with E-state index in [0.717, 1.165) is 0 Å². The molecule has 1 atom stereocenters. The summed E-state index contributed by atoms with van der Waals surface area (Å²) in [4.78, 5) is 14.1. The number of nitrogens with zero attached hydrogens (tertiary/aromatic N) is 1. The van der Waals surface area contributed by atoms with Crippen molar-refractivity contribution < 1.29 is 19.7 Å². The van der Waals surface area contributed by atoms with E-state index in [-0.39, 0.29) is 29.0 Å². The number of aromatic hydroxyl groups is 2. The molecule has 1 fully saturated rings. The van der Waals surface area contributed by atoms with Gasteiger partial charge < -0.3 is 19.8 Å². The number of hydrogen-bond acceptors (Lipinski definition) is 4. The van der Waals surface area contributed by atoms with Gasteiger partial charge in [0.05, 0.1) is 23.8 Å². The Morgan fingerprint density at radius 1 is 1.42 bits per heavy atom. The summed E-state index contributed by atoms with van der Waals surface area (Å²) >= 11 is 0. The first-order valence-corrected chi connectivity index (χ1v) is 6.30. The summed E-state index contributed by atoms with van der Waals surface area (Å²) in [7, 11) is 0. The van der Waals surface area contributed by atoms with E-state index in [1.807, 2.05) is 20.8 Å². The first kappa shape index (κ1) is 13.7. The molecule has 1 aromatic carbocycles. The van der Waals surface area contributed by atoms with Crippen LogP contribution in [0.4, 0.5) is 0 Å². The highest BCUT2D eigenvalue weighted by atomic mass is 16.5. The molecule has 0 aliphatic carbocycles. The van der Waals surface area contributed by atoms with Crippen LogP contribution in [0.15, 0.2) is 18.2 Å². The van der Waals surface area contributed by atoms with Crippen LogP contribution in [0, 0.1) is 0 Å². The van der Waals surface area contributed by atoms with Gasteiger partial charge in [0.2, 0.25) is 0 Å². The van der Waals surface area contributed by atoms with Crippen molar-refractivity contribution in [3.63, 3.8) is 0 Å². The Bertz CT molecular complexity index is 498. The van der Waals surface area contributed by atoms with Crippen LogP contribution in [0.5, 0.6) is 11.5 Å². The van der Waals surface area contributed by atoms with Crippen LogP contribution < -0.4 is 0 Å². The van der Waals surface area contributed by atoms with Crippen LogP contribution in [0.25, 0.3) is 0 Å². The minimum atomic E-state index is -0.430. The topological polar surface area (TPSA) is 70.0 Å². The average molecular weight is 265 g/mol. The molecule has 0 aromatic heterocycles. The van der Waals surface area contributed by atoms with E-state index >= 15 is 0 Å². The molecular weight excluding hydrogens is 246 g/mol. The lowest BCUT2D eigenvalue weighted by Crippen LogP contribution is -2.57. The highest BCUT2D eigenvalue weighted by Gasteiger charge is 2.38. The molecular formula is C14H19NO4. The minimum absolute atomic E-state index is 0.115. The lowest BCUT2D eigenvalue weighted by atomic mass is 9.96. The SMILES string of the molecule is CC1N(C(=O)c2cccc(O)c2O)CCOC1(C)C. The molecule has 0 spiro atoms. The summed E-state index contributed by atoms with van der Waals surface area (Å²) in [5, 5.41) is 19.3. The lowest BCUT2D eigenvalue weighted by Gasteiger charge is -2.44. The standard InChI is InChI=1S/C14H19NO4/c1-9-14(2,3)19-8-7-15(9)13(18)10-5-4-6-11(16)12(10)17/h4-6,9,16-17H,7-8H2,1-3H3. The quantitative estimate of drug-likeness (QED) is 0.759. The van der Waals surface area contributed by atoms with Gasteiger partial charge in [0, 0.05) is 6.54 Å². The smallest absolute Gasteiger partial charge is 0.258 e. The Labute approximate surface area is 112 Å². The lowest BCUT2D eigenvalue weighted by molar-refractivity contribution is -0.109. The summed E-state index contributed by atoms with van der Waals surface area (Å²) in [5.74, 6) is -0.952. The van der Waals surface area contributed by atoms with Gasteiger partial charge in [-0.15, -0.1) is 0 Å². The molecule has 0 radical (unpaired) electrons. The largest absolute Gasteiger partial charge is 0.504 e. The maximum absolute atomic E-state index is 12.5. The molecule has 5 nitrogen and oxygen atoms in total. The zero-order chi connectivity index (χ0) is 14.2. The zero-order valence-electron chi connectivity index (χ0n) is 11.4. The van der Waals surface area contributed by atoms with Crippen molar-refractivity contribution in [2.45, 2.75) is 32.4 Å². The molecule has 2 N–H and O–H groups in total. The van der Waals surface area contributed by atoms with Gasteiger partial charge >= 0.3 is 0 Å². The van der Waals surface area contributed by atoms with Gasteiger partial charge in [-0.2, -0.15) is 0 Å². The van der Waals surface area contributed by atoms with Crippen LogP contribution in [0.1, 0.15) is 31.1 Å². The molecule has 2 rings (SSSR count). The Balaban J connectivity index is 2.31. The van der Waals surface area contributed by atoms with E-state index in [4.69, 9.17) is 4.74 Å². The van der Waals surface area contributed by atoms with Gasteiger partial charge in [-0.3, -0.25) is 4.79 Å². The molecule has 1 heterocycles. The number of ether oxygens (including phenoxy) is 1. The van der Waals surface area contributed by atoms with E-state index < -0.39 is 5.60 Å². The van der Waals surface area contributed by atoms with Crippen LogP contribution in [0.3, 0.4) is 0 Å². The van der Waals surface area contributed by atoms with E-state index in [1.54, 1.807) is 11.0 Å². The Kier molecular flexibility index (Phi) is 3.41. The van der Waals surface area contributed by atoms with Crippen molar-refractivity contribution >= 4 is 5.91 Å². The van der Waals surface area contributed by atoms with E-state index in [0.29, 0.717) is 13.2 Å². The predicted molar refractivity (Wildman–Crippen MR) is 70.3 cm³/mol. The van der Waals surface area contributed by atoms with Gasteiger partial charge in [-0.05, 0) is 32.9 Å². The third-order valence-electron chi connectivity index (χ3n) is 3.79. The number of rotatable bonds is 1. The van der Waals surface area contributed by atoms with E-state index in [1.165, 1.54) is 12.1 Å². The summed E-state index contributed by atoms with van der Waals surface area (Å²) < 4.78 is 5.64. The third-order valence-corrected chi connectivity index (χ3v) is 3.79. The molecule has 104 valence electrons. The van der Waals surface area contributed by atoms with Crippen molar-refractivity contribution in [3.05, 3.63) is 23.8 Å². The van der Waals surface area contributed by atoms with Crippen molar-refractivity contribution in [3.8, 4) is 11.5 Å². The molecule has 5 heteroatoms. The Hall–Kier alpha value is -1.75. The molecule has 1 aliphatic heterocycles. The summed E-state index contributed by atoms with van der Waals surface area (Å²) in [5.41, 5.74) is -0.315. The minimum Gasteiger partial charge on any atom is -0.504 e. The number of hydrogen-bond donors (Lipinski definition) is 2. The molecule has 1 unspecified atom stereocenters. The van der Waals surface area contributed by atoms with E-state index in [2.05, 4.69) is 0 Å². The normalized spacial score (nSPS) is 22.3. The Morgan fingerprint density at radius 3 is 2.79 bits per heavy atom. The third kappa shape index (κ3) is 2.38. The van der Waals surface area contributed by atoms with Crippen LogP contribution in [0.2, 0.25) is 0 Å². The fourth-order valence-corrected chi connectivity index (χ4v) is 2.23. The second-order valence-corrected chi connectivity index (χ2v) is 5.30. The number of benzene rings is 1. The summed E-state index contributed by atoms with van der Waals surface area (Å²) in [6.45, 7) is 6.71. The number of phenols is 2. The molecule has 0 saturated carbocycles. The summed E-state index contributed by atoms with van der Waals surface area (Å²) in [6.07, 6.45) is 0. The van der Waals surface area contributed by atoms with Crippen LogP contribution in [-0.2, 0) is 4.74 Å². The number of carbonyl (C=O) groups is 1. The van der Waals surface area contributed by atoms with Gasteiger partial charge in [-0.25, -0.2) is 0 Å². The zero-order valence-corrected chi connectivity index (χ0v) is 11.4. The Morgan fingerprint density at radius 2 is 2.11 bits per heavy atom. The molecule has 1 aliphatic rings. The van der Waals surface area contributed by atoms with Gasteiger partial charge in [0.25, 0.3) is 5.91 Å². The molecule has 0 bridgehead atoms. The average Bonchev–Trinajstić information content (AvgIpc) is 2.35. The number of amides is 1. The fraction of sp³-hybridized carbons (Fsp3) is 0.500. The molecule has 1 amide bonds. The number of morpholine rings is 1. The van der Waals surface area contributed by atoms with Gasteiger partial charge in [-0.1, -0.05) is 6.07 Å².